The first-order valence-corrected chi connectivity index (χ1v) is 5.87. The molecule has 1 aromatic rings. The zero-order valence-corrected chi connectivity index (χ0v) is 10.3. The van der Waals surface area contributed by atoms with E-state index in [1.807, 2.05) is 0 Å². The first-order chi connectivity index (χ1) is 7.69. The molecule has 0 aromatic carbocycles. The van der Waals surface area contributed by atoms with E-state index in [0.717, 1.165) is 6.54 Å². The Morgan fingerprint density at radius 1 is 1.56 bits per heavy atom. The molecule has 0 amide bonds. The zero-order valence-electron chi connectivity index (χ0n) is 9.59. The summed E-state index contributed by atoms with van der Waals surface area (Å²) in [6, 6.07) is 0.341. The van der Waals surface area contributed by atoms with Crippen molar-refractivity contribution in [3.05, 3.63) is 11.2 Å². The Morgan fingerprint density at radius 2 is 2.31 bits per heavy atom. The molecule has 4 nitrogen and oxygen atoms in total. The standard InChI is InChI=1S/C11H16ClN3O/c1-3-11(4-5-11)7-14-9-8(12)6-13-10(15-9)16-2/h6H,3-5,7H2,1-2H3,(H,13,14,15). The van der Waals surface area contributed by atoms with Gasteiger partial charge in [0.25, 0.3) is 0 Å². The Labute approximate surface area is 100 Å². The summed E-state index contributed by atoms with van der Waals surface area (Å²) in [6.45, 7) is 3.14. The lowest BCUT2D eigenvalue weighted by molar-refractivity contribution is 0.380. The maximum absolute atomic E-state index is 6.00. The maximum atomic E-state index is 6.00. The van der Waals surface area contributed by atoms with Crippen molar-refractivity contribution in [2.75, 3.05) is 19.0 Å². The topological polar surface area (TPSA) is 47.0 Å². The first kappa shape index (κ1) is 11.5. The third-order valence-electron chi connectivity index (χ3n) is 3.24. The molecule has 0 unspecified atom stereocenters. The minimum atomic E-state index is 0.341. The summed E-state index contributed by atoms with van der Waals surface area (Å²) in [5, 5.41) is 3.81. The van der Waals surface area contributed by atoms with Gasteiger partial charge in [0, 0.05) is 6.54 Å². The van der Waals surface area contributed by atoms with Crippen LogP contribution in [-0.2, 0) is 0 Å². The van der Waals surface area contributed by atoms with Gasteiger partial charge in [0.05, 0.1) is 13.3 Å². The number of methoxy groups -OCH3 is 1. The van der Waals surface area contributed by atoms with Crippen molar-refractivity contribution < 1.29 is 4.74 Å². The summed E-state index contributed by atoms with van der Waals surface area (Å²) in [5.74, 6) is 0.660. The Morgan fingerprint density at radius 3 is 2.88 bits per heavy atom. The Hall–Kier alpha value is -1.03. The summed E-state index contributed by atoms with van der Waals surface area (Å²) < 4.78 is 4.96. The van der Waals surface area contributed by atoms with Gasteiger partial charge in [0.1, 0.15) is 5.02 Å². The van der Waals surface area contributed by atoms with Crippen LogP contribution < -0.4 is 10.1 Å². The number of nitrogens with one attached hydrogen (secondary N) is 1. The average Bonchev–Trinajstić information content (AvgIpc) is 3.09. The molecular formula is C11H16ClN3O. The second-order valence-corrected chi connectivity index (χ2v) is 4.67. The molecule has 0 radical (unpaired) electrons. The molecule has 0 aliphatic heterocycles. The third-order valence-corrected chi connectivity index (χ3v) is 3.52. The number of rotatable bonds is 5. The number of aromatic nitrogens is 2. The molecule has 88 valence electrons. The van der Waals surface area contributed by atoms with Crippen molar-refractivity contribution >= 4 is 17.4 Å². The molecule has 1 fully saturated rings. The molecule has 2 rings (SSSR count). The van der Waals surface area contributed by atoms with Crippen molar-refractivity contribution in [1.29, 1.82) is 0 Å². The summed E-state index contributed by atoms with van der Waals surface area (Å²) in [6.07, 6.45) is 5.33. The lowest BCUT2D eigenvalue weighted by atomic mass is 10.0. The van der Waals surface area contributed by atoms with E-state index in [0.29, 0.717) is 22.3 Å². The number of halogens is 1. The van der Waals surface area contributed by atoms with E-state index in [1.54, 1.807) is 13.3 Å². The Bertz CT molecular complexity index is 379. The zero-order chi connectivity index (χ0) is 11.6. The van der Waals surface area contributed by atoms with Crippen LogP contribution in [0.4, 0.5) is 5.82 Å². The van der Waals surface area contributed by atoms with Crippen LogP contribution in [-0.4, -0.2) is 23.6 Å². The predicted molar refractivity (Wildman–Crippen MR) is 64.0 cm³/mol. The minimum Gasteiger partial charge on any atom is -0.467 e. The van der Waals surface area contributed by atoms with Crippen molar-refractivity contribution in [3.63, 3.8) is 0 Å². The molecule has 1 aliphatic rings. The van der Waals surface area contributed by atoms with Crippen molar-refractivity contribution in [3.8, 4) is 6.01 Å². The number of anilines is 1. The van der Waals surface area contributed by atoms with Gasteiger partial charge in [0.15, 0.2) is 5.82 Å². The van der Waals surface area contributed by atoms with Gasteiger partial charge in [-0.15, -0.1) is 0 Å². The molecule has 5 heteroatoms. The van der Waals surface area contributed by atoms with Gasteiger partial charge in [-0.1, -0.05) is 18.5 Å². The second-order valence-electron chi connectivity index (χ2n) is 4.26. The van der Waals surface area contributed by atoms with Crippen LogP contribution in [0.1, 0.15) is 26.2 Å². The van der Waals surface area contributed by atoms with E-state index in [1.165, 1.54) is 19.3 Å². The Balaban J connectivity index is 2.03. The molecule has 0 saturated heterocycles. The normalized spacial score (nSPS) is 16.9. The number of hydrogen-bond donors (Lipinski definition) is 1. The fraction of sp³-hybridized carbons (Fsp3) is 0.636. The smallest absolute Gasteiger partial charge is 0.318 e. The second kappa shape index (κ2) is 4.45. The minimum absolute atomic E-state index is 0.341. The van der Waals surface area contributed by atoms with Crippen LogP contribution in [0, 0.1) is 5.41 Å². The highest BCUT2D eigenvalue weighted by molar-refractivity contribution is 6.32. The summed E-state index contributed by atoms with van der Waals surface area (Å²) >= 11 is 6.00. The van der Waals surface area contributed by atoms with Crippen molar-refractivity contribution in [1.82, 2.24) is 9.97 Å². The molecule has 1 aromatic heterocycles. The highest BCUT2D eigenvalue weighted by Gasteiger charge is 2.40. The fourth-order valence-corrected chi connectivity index (χ4v) is 1.83. The molecule has 1 N–H and O–H groups in total. The molecular weight excluding hydrogens is 226 g/mol. The van der Waals surface area contributed by atoms with Gasteiger partial charge < -0.3 is 10.1 Å². The van der Waals surface area contributed by atoms with E-state index in [-0.39, 0.29) is 0 Å². The van der Waals surface area contributed by atoms with Gasteiger partial charge in [-0.25, -0.2) is 4.98 Å². The van der Waals surface area contributed by atoms with Gasteiger partial charge >= 0.3 is 6.01 Å². The molecule has 0 bridgehead atoms. The quantitative estimate of drug-likeness (QED) is 0.861. The molecule has 1 aliphatic carbocycles. The summed E-state index contributed by atoms with van der Waals surface area (Å²) in [5.41, 5.74) is 0.460. The lowest BCUT2D eigenvalue weighted by Crippen LogP contribution is -2.15. The lowest BCUT2D eigenvalue weighted by Gasteiger charge is -2.14. The Kier molecular flexibility index (Phi) is 3.19. The van der Waals surface area contributed by atoms with Crippen LogP contribution in [0.25, 0.3) is 0 Å². The number of ether oxygens (including phenoxy) is 1. The SMILES string of the molecule is CCC1(CNc2nc(OC)ncc2Cl)CC1. The highest BCUT2D eigenvalue weighted by Crippen LogP contribution is 2.48. The predicted octanol–water partition coefficient (Wildman–Crippen LogP) is 2.74. The maximum Gasteiger partial charge on any atom is 0.318 e. The number of hydrogen-bond acceptors (Lipinski definition) is 4. The molecule has 0 atom stereocenters. The molecule has 0 spiro atoms. The van der Waals surface area contributed by atoms with Gasteiger partial charge in [-0.2, -0.15) is 4.98 Å². The van der Waals surface area contributed by atoms with Crippen LogP contribution >= 0.6 is 11.6 Å². The van der Waals surface area contributed by atoms with Crippen LogP contribution in [0.15, 0.2) is 6.20 Å². The first-order valence-electron chi connectivity index (χ1n) is 5.49. The molecule has 16 heavy (non-hydrogen) atoms. The fourth-order valence-electron chi connectivity index (χ4n) is 1.68. The highest BCUT2D eigenvalue weighted by atomic mass is 35.5. The van der Waals surface area contributed by atoms with Gasteiger partial charge in [-0.05, 0) is 24.7 Å². The third kappa shape index (κ3) is 2.38. The van der Waals surface area contributed by atoms with Crippen LogP contribution in [0.3, 0.4) is 0 Å². The van der Waals surface area contributed by atoms with E-state index in [4.69, 9.17) is 16.3 Å². The molecule has 1 saturated carbocycles. The summed E-state index contributed by atoms with van der Waals surface area (Å²) in [7, 11) is 1.54. The van der Waals surface area contributed by atoms with E-state index >= 15 is 0 Å². The van der Waals surface area contributed by atoms with Crippen LogP contribution in [0.2, 0.25) is 5.02 Å². The van der Waals surface area contributed by atoms with Gasteiger partial charge in [-0.3, -0.25) is 0 Å². The monoisotopic (exact) mass is 241 g/mol. The largest absolute Gasteiger partial charge is 0.467 e. The van der Waals surface area contributed by atoms with Crippen molar-refractivity contribution in [2.45, 2.75) is 26.2 Å². The van der Waals surface area contributed by atoms with E-state index in [2.05, 4.69) is 22.2 Å². The molecule has 1 heterocycles. The number of nitrogens with zero attached hydrogens (tertiary/aromatic N) is 2. The summed E-state index contributed by atoms with van der Waals surface area (Å²) in [4.78, 5) is 8.11. The average molecular weight is 242 g/mol. The van der Waals surface area contributed by atoms with E-state index in [9.17, 15) is 0 Å². The van der Waals surface area contributed by atoms with E-state index < -0.39 is 0 Å². The van der Waals surface area contributed by atoms with Gasteiger partial charge in [0.2, 0.25) is 0 Å². The van der Waals surface area contributed by atoms with Crippen LogP contribution in [0.5, 0.6) is 6.01 Å². The van der Waals surface area contributed by atoms with Crippen molar-refractivity contribution in [2.24, 2.45) is 5.41 Å².